The molecule has 0 saturated carbocycles. The second kappa shape index (κ2) is 65.4. The van der Waals surface area contributed by atoms with Crippen LogP contribution in [0.1, 0.15) is 342 Å². The summed E-state index contributed by atoms with van der Waals surface area (Å²) in [6.45, 7) is 6.52. The molecule has 1 unspecified atom stereocenters. The van der Waals surface area contributed by atoms with Gasteiger partial charge in [-0.25, -0.2) is 0 Å². The minimum absolute atomic E-state index is 0.0769. The fraction of sp³-hybridized carbons (Fsp3) is 0.789. The summed E-state index contributed by atoms with van der Waals surface area (Å²) in [7, 11) is 0. The molecule has 77 heavy (non-hydrogen) atoms. The summed E-state index contributed by atoms with van der Waals surface area (Å²) in [5.41, 5.74) is 0. The van der Waals surface area contributed by atoms with E-state index >= 15 is 0 Å². The van der Waals surface area contributed by atoms with E-state index in [2.05, 4.69) is 93.7 Å². The molecule has 0 radical (unpaired) electrons. The zero-order chi connectivity index (χ0) is 55.7. The molecule has 0 N–H and O–H groups in total. The fourth-order valence-corrected chi connectivity index (χ4v) is 9.66. The van der Waals surface area contributed by atoms with Gasteiger partial charge in [0.15, 0.2) is 6.10 Å². The molecule has 0 saturated heterocycles. The SMILES string of the molecule is CC/C=C\C/C=C\C/C=C\C/C=C\CCCCCCCCCCCCCCCCCCCCCCC(=O)OCC(COC(=O)CCCCCCC/C=C\CCCCCC)OC(=O)CCCCCCC/C=C\CCCCCC. The topological polar surface area (TPSA) is 78.9 Å². The van der Waals surface area contributed by atoms with Crippen molar-refractivity contribution in [2.45, 2.75) is 348 Å². The van der Waals surface area contributed by atoms with Crippen LogP contribution in [0.4, 0.5) is 0 Å². The van der Waals surface area contributed by atoms with Crippen molar-refractivity contribution in [3.63, 3.8) is 0 Å². The minimum atomic E-state index is -0.780. The summed E-state index contributed by atoms with van der Waals surface area (Å²) in [4.78, 5) is 38.2. The van der Waals surface area contributed by atoms with Crippen molar-refractivity contribution in [2.24, 2.45) is 0 Å². The van der Waals surface area contributed by atoms with Crippen LogP contribution in [0.3, 0.4) is 0 Å². The van der Waals surface area contributed by atoms with Crippen molar-refractivity contribution < 1.29 is 28.6 Å². The van der Waals surface area contributed by atoms with Gasteiger partial charge in [0, 0.05) is 19.3 Å². The average Bonchev–Trinajstić information content (AvgIpc) is 3.43. The van der Waals surface area contributed by atoms with E-state index in [0.29, 0.717) is 19.3 Å². The molecule has 0 aliphatic rings. The van der Waals surface area contributed by atoms with Crippen LogP contribution < -0.4 is 0 Å². The van der Waals surface area contributed by atoms with E-state index in [1.165, 1.54) is 199 Å². The highest BCUT2D eigenvalue weighted by atomic mass is 16.6. The van der Waals surface area contributed by atoms with Crippen molar-refractivity contribution in [3.05, 3.63) is 72.9 Å². The maximum absolute atomic E-state index is 12.9. The molecule has 0 spiro atoms. The first-order valence-electron chi connectivity index (χ1n) is 33.4. The summed E-state index contributed by atoms with van der Waals surface area (Å²) in [6.07, 6.45) is 85.1. The second-order valence-corrected chi connectivity index (χ2v) is 22.3. The van der Waals surface area contributed by atoms with Gasteiger partial charge in [-0.05, 0) is 109 Å². The van der Waals surface area contributed by atoms with Crippen LogP contribution in [0.15, 0.2) is 72.9 Å². The van der Waals surface area contributed by atoms with Crippen molar-refractivity contribution in [2.75, 3.05) is 13.2 Å². The van der Waals surface area contributed by atoms with E-state index in [4.69, 9.17) is 14.2 Å². The first kappa shape index (κ1) is 73.8. The van der Waals surface area contributed by atoms with Crippen LogP contribution in [0.25, 0.3) is 0 Å². The largest absolute Gasteiger partial charge is 0.462 e. The summed E-state index contributed by atoms with van der Waals surface area (Å²) >= 11 is 0. The summed E-state index contributed by atoms with van der Waals surface area (Å²) in [6, 6.07) is 0. The number of ether oxygens (including phenoxy) is 3. The van der Waals surface area contributed by atoms with Gasteiger partial charge in [-0.1, -0.05) is 286 Å². The number of hydrogen-bond acceptors (Lipinski definition) is 6. The lowest BCUT2D eigenvalue weighted by molar-refractivity contribution is -0.167. The van der Waals surface area contributed by atoms with E-state index in [1.54, 1.807) is 0 Å². The Balaban J connectivity index is 4.09. The molecular formula is C71H126O6. The third-order valence-corrected chi connectivity index (χ3v) is 14.7. The molecule has 0 heterocycles. The molecule has 0 amide bonds. The Morgan fingerprint density at radius 3 is 0.805 bits per heavy atom. The number of esters is 3. The van der Waals surface area contributed by atoms with Gasteiger partial charge in [0.2, 0.25) is 0 Å². The average molecular weight is 1080 g/mol. The lowest BCUT2D eigenvalue weighted by atomic mass is 10.0. The number of carbonyl (C=O) groups excluding carboxylic acids is 3. The van der Waals surface area contributed by atoms with Crippen LogP contribution in [0.2, 0.25) is 0 Å². The minimum Gasteiger partial charge on any atom is -0.462 e. The second-order valence-electron chi connectivity index (χ2n) is 22.3. The molecule has 0 bridgehead atoms. The first-order valence-corrected chi connectivity index (χ1v) is 33.4. The molecule has 0 aliphatic heterocycles. The molecule has 0 rings (SSSR count). The lowest BCUT2D eigenvalue weighted by Gasteiger charge is -2.18. The standard InChI is InChI=1S/C71H126O6/c1-4-7-10-13-16-19-22-25-26-27-28-29-30-31-32-33-34-35-36-37-38-39-40-41-42-43-44-47-49-52-55-58-61-64-70(73)76-67-68(77-71(74)65-62-59-56-53-50-46-24-21-18-15-12-9-6-3)66-75-69(72)63-60-57-54-51-48-45-23-20-17-14-11-8-5-2/h7,10,16,19-21,23-26,28-29,68H,4-6,8-9,11-15,17-18,22,27,30-67H2,1-3H3/b10-7-,19-16-,23-20-,24-21-,26-25-,29-28-. The van der Waals surface area contributed by atoms with Gasteiger partial charge in [0.05, 0.1) is 0 Å². The lowest BCUT2D eigenvalue weighted by Crippen LogP contribution is -2.30. The van der Waals surface area contributed by atoms with Gasteiger partial charge < -0.3 is 14.2 Å². The van der Waals surface area contributed by atoms with E-state index < -0.39 is 6.10 Å². The number of carbonyl (C=O) groups is 3. The van der Waals surface area contributed by atoms with E-state index in [9.17, 15) is 14.4 Å². The molecule has 1 atom stereocenters. The van der Waals surface area contributed by atoms with Crippen molar-refractivity contribution in [1.82, 2.24) is 0 Å². The van der Waals surface area contributed by atoms with Gasteiger partial charge in [-0.15, -0.1) is 0 Å². The number of rotatable bonds is 61. The van der Waals surface area contributed by atoms with Crippen LogP contribution in [-0.4, -0.2) is 37.2 Å². The molecule has 0 aromatic heterocycles. The maximum atomic E-state index is 12.9. The van der Waals surface area contributed by atoms with Crippen LogP contribution in [-0.2, 0) is 28.6 Å². The van der Waals surface area contributed by atoms with Crippen molar-refractivity contribution in [3.8, 4) is 0 Å². The Morgan fingerprint density at radius 1 is 0.273 bits per heavy atom. The molecule has 446 valence electrons. The van der Waals surface area contributed by atoms with Crippen LogP contribution >= 0.6 is 0 Å². The van der Waals surface area contributed by atoms with E-state index in [1.807, 2.05) is 0 Å². The number of unbranched alkanes of at least 4 members (excludes halogenated alkanes) is 38. The summed E-state index contributed by atoms with van der Waals surface area (Å²) in [5.74, 6) is -0.878. The molecule has 0 aromatic rings. The highest BCUT2D eigenvalue weighted by molar-refractivity contribution is 5.71. The molecule has 0 aromatic carbocycles. The predicted octanol–water partition coefficient (Wildman–Crippen LogP) is 22.9. The maximum Gasteiger partial charge on any atom is 0.306 e. The number of allylic oxidation sites excluding steroid dienone is 12. The van der Waals surface area contributed by atoms with Gasteiger partial charge in [-0.3, -0.25) is 14.4 Å². The van der Waals surface area contributed by atoms with E-state index in [0.717, 1.165) is 103 Å². The number of hydrogen-bond donors (Lipinski definition) is 0. The Labute approximate surface area is 478 Å². The monoisotopic (exact) mass is 1070 g/mol. The van der Waals surface area contributed by atoms with Gasteiger partial charge in [0.25, 0.3) is 0 Å². The summed E-state index contributed by atoms with van der Waals surface area (Å²) < 4.78 is 16.9. The Bertz CT molecular complexity index is 1420. The van der Waals surface area contributed by atoms with Crippen molar-refractivity contribution >= 4 is 17.9 Å². The van der Waals surface area contributed by atoms with Crippen LogP contribution in [0, 0.1) is 0 Å². The molecule has 6 heteroatoms. The zero-order valence-corrected chi connectivity index (χ0v) is 51.2. The predicted molar refractivity (Wildman–Crippen MR) is 335 cm³/mol. The molecule has 6 nitrogen and oxygen atoms in total. The van der Waals surface area contributed by atoms with Crippen molar-refractivity contribution in [1.29, 1.82) is 0 Å². The fourth-order valence-electron chi connectivity index (χ4n) is 9.66. The first-order chi connectivity index (χ1) is 38.0. The van der Waals surface area contributed by atoms with Gasteiger partial charge >= 0.3 is 17.9 Å². The third-order valence-electron chi connectivity index (χ3n) is 14.7. The van der Waals surface area contributed by atoms with Gasteiger partial charge in [-0.2, -0.15) is 0 Å². The third kappa shape index (κ3) is 63.6. The Morgan fingerprint density at radius 2 is 0.506 bits per heavy atom. The summed E-state index contributed by atoms with van der Waals surface area (Å²) in [5, 5.41) is 0. The highest BCUT2D eigenvalue weighted by Gasteiger charge is 2.19. The zero-order valence-electron chi connectivity index (χ0n) is 51.2. The van der Waals surface area contributed by atoms with Crippen LogP contribution in [0.5, 0.6) is 0 Å². The molecular weight excluding hydrogens is 949 g/mol. The van der Waals surface area contributed by atoms with E-state index in [-0.39, 0.29) is 31.1 Å². The molecule has 0 fully saturated rings. The Kier molecular flexibility index (Phi) is 62.7. The Hall–Kier alpha value is -3.15. The van der Waals surface area contributed by atoms with Gasteiger partial charge in [0.1, 0.15) is 13.2 Å². The quantitative estimate of drug-likeness (QED) is 0.0261. The smallest absolute Gasteiger partial charge is 0.306 e. The molecule has 0 aliphatic carbocycles. The highest BCUT2D eigenvalue weighted by Crippen LogP contribution is 2.17. The normalized spacial score (nSPS) is 12.5.